The van der Waals surface area contributed by atoms with Gasteiger partial charge < -0.3 is 10.1 Å². The van der Waals surface area contributed by atoms with Crippen LogP contribution in [-0.4, -0.2) is 17.7 Å². The molecule has 1 aliphatic rings. The van der Waals surface area contributed by atoms with Crippen molar-refractivity contribution in [1.82, 2.24) is 0 Å². The summed E-state index contributed by atoms with van der Waals surface area (Å²) >= 11 is 5.94. The lowest BCUT2D eigenvalue weighted by molar-refractivity contribution is 0.0252. The van der Waals surface area contributed by atoms with Crippen LogP contribution >= 0.6 is 11.6 Å². The molecule has 0 bridgehead atoms. The summed E-state index contributed by atoms with van der Waals surface area (Å²) in [5.74, 6) is -0.747. The molecule has 0 spiro atoms. The van der Waals surface area contributed by atoms with Crippen molar-refractivity contribution in [2.45, 2.75) is 19.4 Å². The number of ketones is 1. The van der Waals surface area contributed by atoms with Crippen LogP contribution in [0.1, 0.15) is 55.2 Å². The first kappa shape index (κ1) is 19.9. The highest BCUT2D eigenvalue weighted by molar-refractivity contribution is 6.30. The van der Waals surface area contributed by atoms with Gasteiger partial charge in [-0.25, -0.2) is 4.79 Å². The molecule has 150 valence electrons. The van der Waals surface area contributed by atoms with Gasteiger partial charge in [0.2, 0.25) is 0 Å². The molecule has 6 heteroatoms. The van der Waals surface area contributed by atoms with Gasteiger partial charge in [0.15, 0.2) is 5.78 Å². The van der Waals surface area contributed by atoms with Crippen LogP contribution in [0.3, 0.4) is 0 Å². The summed E-state index contributed by atoms with van der Waals surface area (Å²) in [6.07, 6.45) is 0.0385. The Morgan fingerprint density at radius 2 is 1.63 bits per heavy atom. The molecular formula is C24H18ClNO4. The van der Waals surface area contributed by atoms with E-state index in [-0.39, 0.29) is 11.7 Å². The number of rotatable bonds is 4. The number of esters is 1. The third-order valence-corrected chi connectivity index (χ3v) is 5.29. The first-order valence-electron chi connectivity index (χ1n) is 9.42. The maximum absolute atomic E-state index is 12.7. The third kappa shape index (κ3) is 4.11. The van der Waals surface area contributed by atoms with Crippen molar-refractivity contribution in [2.24, 2.45) is 0 Å². The zero-order valence-corrected chi connectivity index (χ0v) is 16.9. The van der Waals surface area contributed by atoms with Gasteiger partial charge in [-0.2, -0.15) is 0 Å². The molecule has 3 aromatic rings. The fraction of sp³-hybridized carbons (Fsp3) is 0.125. The minimum Gasteiger partial charge on any atom is -0.454 e. The molecule has 1 amide bonds. The van der Waals surface area contributed by atoms with E-state index < -0.39 is 12.1 Å². The van der Waals surface area contributed by atoms with Gasteiger partial charge in [0.1, 0.15) is 6.10 Å². The summed E-state index contributed by atoms with van der Waals surface area (Å²) in [7, 11) is 0. The first-order chi connectivity index (χ1) is 14.4. The number of Topliss-reactive ketones (excluding diaryl/α,β-unsaturated/α-hetero) is 1. The van der Waals surface area contributed by atoms with Crippen molar-refractivity contribution in [1.29, 1.82) is 0 Å². The molecule has 0 aromatic heterocycles. The molecule has 4 rings (SSSR count). The van der Waals surface area contributed by atoms with Crippen LogP contribution in [0.5, 0.6) is 0 Å². The Kier molecular flexibility index (Phi) is 5.38. The molecule has 1 N–H and O–H groups in total. The Bertz CT molecular complexity index is 1140. The van der Waals surface area contributed by atoms with Gasteiger partial charge >= 0.3 is 5.97 Å². The summed E-state index contributed by atoms with van der Waals surface area (Å²) in [5, 5.41) is 3.42. The molecule has 0 radical (unpaired) electrons. The maximum atomic E-state index is 12.7. The SMILES string of the molecule is CC(=O)c1ccc(NC(=O)c2ccc3c(c2)CC(c2ccc(Cl)cc2)OC3=O)cc1. The van der Waals surface area contributed by atoms with Gasteiger partial charge in [0.05, 0.1) is 5.56 Å². The van der Waals surface area contributed by atoms with Gasteiger partial charge in [0.25, 0.3) is 5.91 Å². The lowest BCUT2D eigenvalue weighted by Crippen LogP contribution is -2.23. The molecule has 1 aliphatic heterocycles. The number of carbonyl (C=O) groups excluding carboxylic acids is 3. The molecule has 3 aromatic carbocycles. The highest BCUT2D eigenvalue weighted by atomic mass is 35.5. The summed E-state index contributed by atoms with van der Waals surface area (Å²) in [6, 6.07) is 18.8. The fourth-order valence-corrected chi connectivity index (χ4v) is 3.52. The quantitative estimate of drug-likeness (QED) is 0.463. The predicted octanol–water partition coefficient (Wildman–Crippen LogP) is 5.25. The highest BCUT2D eigenvalue weighted by Gasteiger charge is 2.28. The van der Waals surface area contributed by atoms with Gasteiger partial charge in [-0.15, -0.1) is 0 Å². The summed E-state index contributed by atoms with van der Waals surface area (Å²) in [5.41, 5.74) is 3.66. The van der Waals surface area contributed by atoms with Crippen LogP contribution < -0.4 is 5.32 Å². The van der Waals surface area contributed by atoms with Crippen LogP contribution in [-0.2, 0) is 11.2 Å². The smallest absolute Gasteiger partial charge is 0.339 e. The summed E-state index contributed by atoms with van der Waals surface area (Å²) in [4.78, 5) is 36.5. The minimum atomic E-state index is -0.431. The number of amides is 1. The first-order valence-corrected chi connectivity index (χ1v) is 9.80. The number of cyclic esters (lactones) is 1. The predicted molar refractivity (Wildman–Crippen MR) is 114 cm³/mol. The summed E-state index contributed by atoms with van der Waals surface area (Å²) in [6.45, 7) is 1.49. The highest BCUT2D eigenvalue weighted by Crippen LogP contribution is 2.31. The van der Waals surface area contributed by atoms with Gasteiger partial charge in [0, 0.05) is 28.3 Å². The van der Waals surface area contributed by atoms with Crippen LogP contribution in [0.15, 0.2) is 66.7 Å². The number of fused-ring (bicyclic) bond motifs is 1. The average Bonchev–Trinajstić information content (AvgIpc) is 2.74. The van der Waals surface area contributed by atoms with E-state index in [1.165, 1.54) is 6.92 Å². The second-order valence-corrected chi connectivity index (χ2v) is 7.55. The molecule has 0 saturated carbocycles. The van der Waals surface area contributed by atoms with E-state index in [0.29, 0.717) is 33.8 Å². The molecule has 1 heterocycles. The molecule has 0 aliphatic carbocycles. The van der Waals surface area contributed by atoms with Gasteiger partial charge in [-0.1, -0.05) is 23.7 Å². The normalized spacial score (nSPS) is 15.1. The Morgan fingerprint density at radius 3 is 2.30 bits per heavy atom. The molecule has 5 nitrogen and oxygen atoms in total. The van der Waals surface area contributed by atoms with Gasteiger partial charge in [-0.3, -0.25) is 9.59 Å². The van der Waals surface area contributed by atoms with Crippen LogP contribution in [0.25, 0.3) is 0 Å². The maximum Gasteiger partial charge on any atom is 0.339 e. The number of carbonyl (C=O) groups is 3. The zero-order valence-electron chi connectivity index (χ0n) is 16.1. The third-order valence-electron chi connectivity index (χ3n) is 5.03. The minimum absolute atomic E-state index is 0.0373. The largest absolute Gasteiger partial charge is 0.454 e. The van der Waals surface area contributed by atoms with E-state index in [1.54, 1.807) is 54.6 Å². The lowest BCUT2D eigenvalue weighted by atomic mass is 9.93. The van der Waals surface area contributed by atoms with E-state index in [9.17, 15) is 14.4 Å². The molecule has 1 unspecified atom stereocenters. The van der Waals surface area contributed by atoms with E-state index in [1.807, 2.05) is 12.1 Å². The number of nitrogens with one attached hydrogen (secondary N) is 1. The summed E-state index contributed by atoms with van der Waals surface area (Å²) < 4.78 is 5.56. The fourth-order valence-electron chi connectivity index (χ4n) is 3.39. The topological polar surface area (TPSA) is 72.5 Å². The monoisotopic (exact) mass is 419 g/mol. The molecule has 0 fully saturated rings. The van der Waals surface area contributed by atoms with E-state index in [2.05, 4.69) is 5.32 Å². The van der Waals surface area contributed by atoms with E-state index in [4.69, 9.17) is 16.3 Å². The Labute approximate surface area is 178 Å². The molecular weight excluding hydrogens is 402 g/mol. The number of hydrogen-bond donors (Lipinski definition) is 1. The van der Waals surface area contributed by atoms with E-state index >= 15 is 0 Å². The van der Waals surface area contributed by atoms with Crippen molar-refractivity contribution in [3.63, 3.8) is 0 Å². The number of anilines is 1. The number of hydrogen-bond acceptors (Lipinski definition) is 4. The number of benzene rings is 3. The van der Waals surface area contributed by atoms with Crippen molar-refractivity contribution in [3.05, 3.63) is 99.6 Å². The molecule has 1 atom stereocenters. The number of ether oxygens (including phenoxy) is 1. The second-order valence-electron chi connectivity index (χ2n) is 7.11. The van der Waals surface area contributed by atoms with Crippen molar-refractivity contribution in [3.8, 4) is 0 Å². The zero-order chi connectivity index (χ0) is 21.3. The van der Waals surface area contributed by atoms with Crippen molar-refractivity contribution < 1.29 is 19.1 Å². The Hall–Kier alpha value is -3.44. The van der Waals surface area contributed by atoms with Crippen LogP contribution in [0, 0.1) is 0 Å². The lowest BCUT2D eigenvalue weighted by Gasteiger charge is -2.25. The Balaban J connectivity index is 1.54. The molecule has 0 saturated heterocycles. The van der Waals surface area contributed by atoms with Gasteiger partial charge in [-0.05, 0) is 72.6 Å². The average molecular weight is 420 g/mol. The second kappa shape index (κ2) is 8.13. The van der Waals surface area contributed by atoms with Crippen LogP contribution in [0.4, 0.5) is 5.69 Å². The standard InChI is InChI=1S/C24H18ClNO4/c1-14(27)15-4-9-20(10-5-15)26-23(28)17-6-11-21-18(12-17)13-22(30-24(21)29)16-2-7-19(25)8-3-16/h2-12,22H,13H2,1H3,(H,26,28). The molecule has 30 heavy (non-hydrogen) atoms. The van der Waals surface area contributed by atoms with E-state index in [0.717, 1.165) is 11.1 Å². The van der Waals surface area contributed by atoms with Crippen molar-refractivity contribution >= 4 is 34.9 Å². The number of halogens is 1. The Morgan fingerprint density at radius 1 is 0.967 bits per heavy atom. The van der Waals surface area contributed by atoms with Crippen molar-refractivity contribution in [2.75, 3.05) is 5.32 Å². The van der Waals surface area contributed by atoms with Crippen LogP contribution in [0.2, 0.25) is 5.02 Å².